The smallest absolute Gasteiger partial charge is 0.335 e. The van der Waals surface area contributed by atoms with Crippen LogP contribution in [0.4, 0.5) is 0 Å². The quantitative estimate of drug-likeness (QED) is 0.873. The third-order valence-corrected chi connectivity index (χ3v) is 2.58. The summed E-state index contributed by atoms with van der Waals surface area (Å²) in [7, 11) is 0. The lowest BCUT2D eigenvalue weighted by Crippen LogP contribution is -2.13. The Kier molecular flexibility index (Phi) is 4.29. The number of carbonyl (C=O) groups is 1. The van der Waals surface area contributed by atoms with Crippen molar-refractivity contribution in [3.8, 4) is 0 Å². The summed E-state index contributed by atoms with van der Waals surface area (Å²) in [5.74, 6) is -0.895. The van der Waals surface area contributed by atoms with Gasteiger partial charge >= 0.3 is 5.97 Å². The minimum absolute atomic E-state index is 0.0631. The Hall–Kier alpha value is -1.35. The molecule has 1 N–H and O–H groups in total. The molecule has 0 amide bonds. The van der Waals surface area contributed by atoms with Crippen molar-refractivity contribution < 1.29 is 14.6 Å². The molecule has 0 unspecified atom stereocenters. The van der Waals surface area contributed by atoms with E-state index in [-0.39, 0.29) is 5.41 Å². The van der Waals surface area contributed by atoms with Crippen LogP contribution in [0.25, 0.3) is 0 Å². The van der Waals surface area contributed by atoms with Crippen molar-refractivity contribution >= 4 is 5.97 Å². The van der Waals surface area contributed by atoms with E-state index in [0.29, 0.717) is 18.8 Å². The summed E-state index contributed by atoms with van der Waals surface area (Å²) in [4.78, 5) is 11.1. The number of aromatic carboxylic acids is 1. The lowest BCUT2D eigenvalue weighted by molar-refractivity contribution is 0.0696. The van der Waals surface area contributed by atoms with Crippen molar-refractivity contribution in [3.05, 3.63) is 34.9 Å². The fourth-order valence-corrected chi connectivity index (χ4v) is 1.55. The molecule has 3 nitrogen and oxygen atoms in total. The highest BCUT2D eigenvalue weighted by molar-refractivity contribution is 5.88. The Morgan fingerprint density at radius 1 is 1.29 bits per heavy atom. The number of carboxylic acid groups (broad SMARTS) is 1. The lowest BCUT2D eigenvalue weighted by atomic mass is 9.85. The summed E-state index contributed by atoms with van der Waals surface area (Å²) < 4.78 is 5.33. The first-order chi connectivity index (χ1) is 7.84. The van der Waals surface area contributed by atoms with Gasteiger partial charge in [0.25, 0.3) is 0 Å². The Bertz CT molecular complexity index is 402. The van der Waals surface area contributed by atoms with Crippen LogP contribution in [0.3, 0.4) is 0 Å². The Balaban J connectivity index is 3.14. The highest BCUT2D eigenvalue weighted by Gasteiger charge is 2.17. The van der Waals surface area contributed by atoms with Gasteiger partial charge in [0, 0.05) is 6.61 Å². The van der Waals surface area contributed by atoms with Gasteiger partial charge in [-0.3, -0.25) is 0 Å². The van der Waals surface area contributed by atoms with E-state index in [4.69, 9.17) is 9.84 Å². The highest BCUT2D eigenvalue weighted by Crippen LogP contribution is 2.25. The third-order valence-electron chi connectivity index (χ3n) is 2.58. The minimum Gasteiger partial charge on any atom is -0.478 e. The summed E-state index contributed by atoms with van der Waals surface area (Å²) in [5.41, 5.74) is 2.20. The molecule has 1 aromatic carbocycles. The summed E-state index contributed by atoms with van der Waals surface area (Å²) in [6, 6.07) is 5.42. The van der Waals surface area contributed by atoms with E-state index in [9.17, 15) is 4.79 Å². The van der Waals surface area contributed by atoms with Crippen LogP contribution in [0.15, 0.2) is 18.2 Å². The minimum atomic E-state index is -0.895. The molecule has 0 bridgehead atoms. The Labute approximate surface area is 102 Å². The van der Waals surface area contributed by atoms with Crippen molar-refractivity contribution in [2.45, 2.75) is 39.7 Å². The maximum atomic E-state index is 11.1. The second-order valence-electron chi connectivity index (χ2n) is 5.11. The first kappa shape index (κ1) is 13.7. The fourth-order valence-electron chi connectivity index (χ4n) is 1.55. The molecule has 0 saturated carbocycles. The molecular weight excluding hydrogens is 216 g/mol. The second kappa shape index (κ2) is 5.32. The highest BCUT2D eigenvalue weighted by atomic mass is 16.5. The molecule has 0 aliphatic heterocycles. The average molecular weight is 236 g/mol. The number of benzene rings is 1. The van der Waals surface area contributed by atoms with Gasteiger partial charge in [0.1, 0.15) is 0 Å². The number of rotatable bonds is 4. The van der Waals surface area contributed by atoms with Crippen molar-refractivity contribution in [2.75, 3.05) is 6.61 Å². The SMILES string of the molecule is CCOCc1cc(C(=O)O)cc(C(C)(C)C)c1. The molecule has 94 valence electrons. The molecule has 0 spiro atoms. The van der Waals surface area contributed by atoms with Crippen LogP contribution in [0, 0.1) is 0 Å². The molecule has 0 heterocycles. The first-order valence-electron chi connectivity index (χ1n) is 5.80. The van der Waals surface area contributed by atoms with Gasteiger partial charge in [-0.25, -0.2) is 4.79 Å². The zero-order valence-electron chi connectivity index (χ0n) is 10.9. The van der Waals surface area contributed by atoms with Crippen LogP contribution in [-0.4, -0.2) is 17.7 Å². The summed E-state index contributed by atoms with van der Waals surface area (Å²) >= 11 is 0. The summed E-state index contributed by atoms with van der Waals surface area (Å²) in [5, 5.41) is 9.08. The number of hydrogen-bond donors (Lipinski definition) is 1. The molecule has 0 atom stereocenters. The van der Waals surface area contributed by atoms with Crippen molar-refractivity contribution in [3.63, 3.8) is 0 Å². The predicted molar refractivity (Wildman–Crippen MR) is 67.4 cm³/mol. The van der Waals surface area contributed by atoms with Gasteiger partial charge in [-0.2, -0.15) is 0 Å². The monoisotopic (exact) mass is 236 g/mol. The van der Waals surface area contributed by atoms with Gasteiger partial charge in [-0.05, 0) is 35.6 Å². The number of carboxylic acids is 1. The van der Waals surface area contributed by atoms with E-state index in [1.165, 1.54) is 0 Å². The molecule has 0 aliphatic rings. The largest absolute Gasteiger partial charge is 0.478 e. The van der Waals surface area contributed by atoms with Crippen molar-refractivity contribution in [1.29, 1.82) is 0 Å². The second-order valence-corrected chi connectivity index (χ2v) is 5.11. The molecule has 0 saturated heterocycles. The maximum absolute atomic E-state index is 11.1. The molecule has 17 heavy (non-hydrogen) atoms. The van der Waals surface area contributed by atoms with Crippen molar-refractivity contribution in [2.24, 2.45) is 0 Å². The van der Waals surface area contributed by atoms with Crippen LogP contribution in [0.5, 0.6) is 0 Å². The molecule has 1 aromatic rings. The van der Waals surface area contributed by atoms with Crippen LogP contribution in [-0.2, 0) is 16.8 Å². The fraction of sp³-hybridized carbons (Fsp3) is 0.500. The summed E-state index contributed by atoms with van der Waals surface area (Å²) in [6.07, 6.45) is 0. The van der Waals surface area contributed by atoms with Crippen LogP contribution in [0.1, 0.15) is 49.2 Å². The van der Waals surface area contributed by atoms with Gasteiger partial charge in [-0.1, -0.05) is 26.8 Å². The molecular formula is C14H20O3. The lowest BCUT2D eigenvalue weighted by Gasteiger charge is -2.20. The van der Waals surface area contributed by atoms with E-state index in [1.54, 1.807) is 12.1 Å². The van der Waals surface area contributed by atoms with E-state index in [2.05, 4.69) is 20.8 Å². The van der Waals surface area contributed by atoms with Crippen LogP contribution in [0.2, 0.25) is 0 Å². The summed E-state index contributed by atoms with van der Waals surface area (Å²) in [6.45, 7) is 9.21. The van der Waals surface area contributed by atoms with Crippen molar-refractivity contribution in [1.82, 2.24) is 0 Å². The Morgan fingerprint density at radius 2 is 1.94 bits per heavy atom. The van der Waals surface area contributed by atoms with E-state index >= 15 is 0 Å². The zero-order chi connectivity index (χ0) is 13.1. The van der Waals surface area contributed by atoms with Gasteiger partial charge in [0.05, 0.1) is 12.2 Å². The molecule has 0 fully saturated rings. The van der Waals surface area contributed by atoms with Gasteiger partial charge in [-0.15, -0.1) is 0 Å². The third kappa shape index (κ3) is 3.86. The molecule has 3 heteroatoms. The molecule has 0 aliphatic carbocycles. The maximum Gasteiger partial charge on any atom is 0.335 e. The van der Waals surface area contributed by atoms with E-state index < -0.39 is 5.97 Å². The topological polar surface area (TPSA) is 46.5 Å². The number of hydrogen-bond acceptors (Lipinski definition) is 2. The first-order valence-corrected chi connectivity index (χ1v) is 5.80. The molecule has 0 aromatic heterocycles. The van der Waals surface area contributed by atoms with Gasteiger partial charge in [0.2, 0.25) is 0 Å². The van der Waals surface area contributed by atoms with Gasteiger partial charge in [0.15, 0.2) is 0 Å². The van der Waals surface area contributed by atoms with E-state index in [0.717, 1.165) is 11.1 Å². The number of ether oxygens (including phenoxy) is 1. The predicted octanol–water partition coefficient (Wildman–Crippen LogP) is 3.22. The zero-order valence-corrected chi connectivity index (χ0v) is 10.9. The molecule has 0 radical (unpaired) electrons. The van der Waals surface area contributed by atoms with Crippen LogP contribution >= 0.6 is 0 Å². The molecule has 1 rings (SSSR count). The normalized spacial score (nSPS) is 11.5. The average Bonchev–Trinajstić information content (AvgIpc) is 2.24. The van der Waals surface area contributed by atoms with E-state index in [1.807, 2.05) is 13.0 Å². The standard InChI is InChI=1S/C14H20O3/c1-5-17-9-10-6-11(13(15)16)8-12(7-10)14(2,3)4/h6-8H,5,9H2,1-4H3,(H,15,16). The van der Waals surface area contributed by atoms with Gasteiger partial charge < -0.3 is 9.84 Å². The van der Waals surface area contributed by atoms with Crippen LogP contribution < -0.4 is 0 Å². The Morgan fingerprint density at radius 3 is 2.41 bits per heavy atom.